The van der Waals surface area contributed by atoms with Gasteiger partial charge in [0.15, 0.2) is 0 Å². The minimum atomic E-state index is -0.353. The van der Waals surface area contributed by atoms with Crippen LogP contribution in [0.2, 0.25) is 5.02 Å². The second-order valence-corrected chi connectivity index (χ2v) is 5.73. The number of amides is 1. The maximum atomic E-state index is 12.5. The lowest BCUT2D eigenvalue weighted by Crippen LogP contribution is -2.35. The van der Waals surface area contributed by atoms with Crippen LogP contribution in [0.3, 0.4) is 0 Å². The van der Waals surface area contributed by atoms with E-state index in [0.717, 1.165) is 12.8 Å². The summed E-state index contributed by atoms with van der Waals surface area (Å²) in [5.74, 6) is -0.798. The van der Waals surface area contributed by atoms with Crippen molar-refractivity contribution in [3.8, 4) is 0 Å². The molecule has 0 radical (unpaired) electrons. The molecule has 1 heterocycles. The third-order valence-corrected chi connectivity index (χ3v) is 3.68. The molecule has 110 valence electrons. The molecule has 1 aliphatic carbocycles. The van der Waals surface area contributed by atoms with Crippen molar-refractivity contribution in [1.29, 1.82) is 0 Å². The van der Waals surface area contributed by atoms with Crippen LogP contribution >= 0.6 is 11.6 Å². The average molecular weight is 299 g/mol. The molecule has 5 nitrogen and oxygen atoms in total. The zero-order valence-electron chi connectivity index (χ0n) is 11.9. The van der Waals surface area contributed by atoms with Crippen molar-refractivity contribution in [2.45, 2.75) is 25.8 Å². The van der Waals surface area contributed by atoms with Crippen LogP contribution in [0.1, 0.15) is 36.3 Å². The molecular formula is C14H19ClN2O3. The number of hydrogen-bond acceptors (Lipinski definition) is 3. The number of rotatable bonds is 5. The highest BCUT2D eigenvalue weighted by atomic mass is 35.5. The number of hydrogen-bond donors (Lipinski definition) is 0. The van der Waals surface area contributed by atoms with Crippen LogP contribution in [-0.4, -0.2) is 42.0 Å². The number of carbonyl (C=O) groups is 2. The number of carbonyl (C=O) groups excluding carboxylic acids is 2. The third kappa shape index (κ3) is 3.15. The zero-order valence-corrected chi connectivity index (χ0v) is 12.7. The first-order valence-corrected chi connectivity index (χ1v) is 7.02. The standard InChI is InChI=1S/C14H19ClN2O3/c1-9(14(19)20-3)7-16(2)13(18)12-6-10(15)8-17(12)11-4-5-11/h6,8-9,11H,4-5,7H2,1-3H3. The number of aromatic nitrogens is 1. The Bertz CT molecular complexity index is 522. The van der Waals surface area contributed by atoms with Crippen LogP contribution in [0.25, 0.3) is 0 Å². The van der Waals surface area contributed by atoms with Crippen molar-refractivity contribution >= 4 is 23.5 Å². The molecule has 1 saturated carbocycles. The van der Waals surface area contributed by atoms with E-state index in [-0.39, 0.29) is 17.8 Å². The Kier molecular flexibility index (Phi) is 4.38. The number of halogens is 1. The summed E-state index contributed by atoms with van der Waals surface area (Å²) >= 11 is 6.00. The van der Waals surface area contributed by atoms with E-state index < -0.39 is 0 Å². The van der Waals surface area contributed by atoms with Crippen molar-refractivity contribution < 1.29 is 14.3 Å². The van der Waals surface area contributed by atoms with Crippen molar-refractivity contribution in [3.63, 3.8) is 0 Å². The highest BCUT2D eigenvalue weighted by Crippen LogP contribution is 2.37. The topological polar surface area (TPSA) is 51.5 Å². The summed E-state index contributed by atoms with van der Waals surface area (Å²) in [5, 5.41) is 0.565. The average Bonchev–Trinajstić information content (AvgIpc) is 3.19. The summed E-state index contributed by atoms with van der Waals surface area (Å²) in [6, 6.07) is 2.06. The highest BCUT2D eigenvalue weighted by molar-refractivity contribution is 6.31. The minimum absolute atomic E-state index is 0.125. The summed E-state index contributed by atoms with van der Waals surface area (Å²) in [5.41, 5.74) is 0.581. The first kappa shape index (κ1) is 14.9. The molecule has 1 aliphatic rings. The maximum Gasteiger partial charge on any atom is 0.310 e. The molecule has 1 aromatic heterocycles. The summed E-state index contributed by atoms with van der Waals surface area (Å²) in [7, 11) is 3.03. The quantitative estimate of drug-likeness (QED) is 0.784. The van der Waals surface area contributed by atoms with Crippen LogP contribution in [0.4, 0.5) is 0 Å². The van der Waals surface area contributed by atoms with Crippen LogP contribution in [0, 0.1) is 5.92 Å². The van der Waals surface area contributed by atoms with Gasteiger partial charge in [0.1, 0.15) is 5.69 Å². The summed E-state index contributed by atoms with van der Waals surface area (Å²) < 4.78 is 6.61. The van der Waals surface area contributed by atoms with Gasteiger partial charge in [-0.15, -0.1) is 0 Å². The molecule has 0 saturated heterocycles. The van der Waals surface area contributed by atoms with Crippen LogP contribution in [-0.2, 0) is 9.53 Å². The summed E-state index contributed by atoms with van der Waals surface area (Å²) in [6.45, 7) is 2.06. The Morgan fingerprint density at radius 3 is 2.75 bits per heavy atom. The first-order chi connectivity index (χ1) is 9.43. The van der Waals surface area contributed by atoms with Gasteiger partial charge < -0.3 is 14.2 Å². The van der Waals surface area contributed by atoms with Crippen LogP contribution in [0.15, 0.2) is 12.3 Å². The molecule has 0 bridgehead atoms. The lowest BCUT2D eigenvalue weighted by Gasteiger charge is -2.21. The van der Waals surface area contributed by atoms with Gasteiger partial charge in [0.25, 0.3) is 5.91 Å². The van der Waals surface area contributed by atoms with E-state index >= 15 is 0 Å². The summed E-state index contributed by atoms with van der Waals surface area (Å²) in [6.07, 6.45) is 3.95. The number of methoxy groups -OCH3 is 1. The van der Waals surface area contributed by atoms with Gasteiger partial charge >= 0.3 is 5.97 Å². The van der Waals surface area contributed by atoms with Gasteiger partial charge in [-0.05, 0) is 18.9 Å². The van der Waals surface area contributed by atoms with E-state index in [0.29, 0.717) is 23.3 Å². The fourth-order valence-electron chi connectivity index (χ4n) is 2.24. The van der Waals surface area contributed by atoms with Gasteiger partial charge in [-0.2, -0.15) is 0 Å². The van der Waals surface area contributed by atoms with Gasteiger partial charge in [0.05, 0.1) is 18.1 Å². The molecule has 0 N–H and O–H groups in total. The Hall–Kier alpha value is -1.49. The molecule has 1 amide bonds. The highest BCUT2D eigenvalue weighted by Gasteiger charge is 2.29. The van der Waals surface area contributed by atoms with E-state index in [2.05, 4.69) is 4.74 Å². The Morgan fingerprint density at radius 2 is 2.20 bits per heavy atom. The van der Waals surface area contributed by atoms with Gasteiger partial charge in [0, 0.05) is 25.8 Å². The molecule has 0 spiro atoms. The molecule has 1 atom stereocenters. The van der Waals surface area contributed by atoms with Gasteiger partial charge in [-0.1, -0.05) is 18.5 Å². The fourth-order valence-corrected chi connectivity index (χ4v) is 2.45. The van der Waals surface area contributed by atoms with Crippen LogP contribution < -0.4 is 0 Å². The molecule has 0 aliphatic heterocycles. The van der Waals surface area contributed by atoms with E-state index in [9.17, 15) is 9.59 Å². The minimum Gasteiger partial charge on any atom is -0.469 e. The van der Waals surface area contributed by atoms with E-state index in [1.165, 1.54) is 12.0 Å². The molecule has 1 fully saturated rings. The van der Waals surface area contributed by atoms with E-state index in [1.54, 1.807) is 26.2 Å². The normalized spacial score (nSPS) is 15.8. The lowest BCUT2D eigenvalue weighted by molar-refractivity contribution is -0.145. The molecule has 2 rings (SSSR count). The maximum absolute atomic E-state index is 12.5. The molecular weight excluding hydrogens is 280 g/mol. The van der Waals surface area contributed by atoms with Crippen molar-refractivity contribution in [2.24, 2.45) is 5.92 Å². The molecule has 1 aromatic rings. The SMILES string of the molecule is COC(=O)C(C)CN(C)C(=O)c1cc(Cl)cn1C1CC1. The number of ether oxygens (including phenoxy) is 1. The first-order valence-electron chi connectivity index (χ1n) is 6.64. The fraction of sp³-hybridized carbons (Fsp3) is 0.571. The number of esters is 1. The van der Waals surface area contributed by atoms with Crippen LogP contribution in [0.5, 0.6) is 0 Å². The molecule has 6 heteroatoms. The van der Waals surface area contributed by atoms with Gasteiger partial charge in [-0.25, -0.2) is 0 Å². The molecule has 20 heavy (non-hydrogen) atoms. The van der Waals surface area contributed by atoms with Gasteiger partial charge in [-0.3, -0.25) is 9.59 Å². The second kappa shape index (κ2) is 5.87. The Morgan fingerprint density at radius 1 is 1.55 bits per heavy atom. The lowest BCUT2D eigenvalue weighted by atomic mass is 10.1. The Balaban J connectivity index is 2.08. The van der Waals surface area contributed by atoms with E-state index in [1.807, 2.05) is 4.57 Å². The third-order valence-electron chi connectivity index (χ3n) is 3.47. The van der Waals surface area contributed by atoms with Gasteiger partial charge in [0.2, 0.25) is 0 Å². The Labute approximate surface area is 123 Å². The predicted octanol–water partition coefficient (Wildman–Crippen LogP) is 2.36. The number of nitrogens with zero attached hydrogens (tertiary/aromatic N) is 2. The zero-order chi connectivity index (χ0) is 14.9. The molecule has 0 aromatic carbocycles. The van der Waals surface area contributed by atoms with Crippen molar-refractivity contribution in [2.75, 3.05) is 20.7 Å². The smallest absolute Gasteiger partial charge is 0.310 e. The van der Waals surface area contributed by atoms with Crippen molar-refractivity contribution in [3.05, 3.63) is 23.0 Å². The largest absolute Gasteiger partial charge is 0.469 e. The monoisotopic (exact) mass is 298 g/mol. The predicted molar refractivity (Wildman–Crippen MR) is 75.9 cm³/mol. The summed E-state index contributed by atoms with van der Waals surface area (Å²) in [4.78, 5) is 25.4. The molecule has 1 unspecified atom stereocenters. The van der Waals surface area contributed by atoms with Crippen molar-refractivity contribution in [1.82, 2.24) is 9.47 Å². The second-order valence-electron chi connectivity index (χ2n) is 5.29. The van der Waals surface area contributed by atoms with E-state index in [4.69, 9.17) is 11.6 Å².